The topological polar surface area (TPSA) is 106 Å². The summed E-state index contributed by atoms with van der Waals surface area (Å²) in [5.74, 6) is -1.70. The van der Waals surface area contributed by atoms with Gasteiger partial charge in [0, 0.05) is 10.6 Å². The third-order valence-corrected chi connectivity index (χ3v) is 4.67. The van der Waals surface area contributed by atoms with Crippen molar-refractivity contribution in [2.45, 2.75) is 12.8 Å². The molecule has 0 saturated carbocycles. The van der Waals surface area contributed by atoms with Crippen molar-refractivity contribution < 1.29 is 14.7 Å². The highest BCUT2D eigenvalue weighted by Gasteiger charge is 2.33. The van der Waals surface area contributed by atoms with Crippen LogP contribution in [0.15, 0.2) is 48.0 Å². The van der Waals surface area contributed by atoms with Crippen LogP contribution in [0.2, 0.25) is 5.02 Å². The van der Waals surface area contributed by atoms with E-state index in [2.05, 4.69) is 0 Å². The van der Waals surface area contributed by atoms with Crippen LogP contribution in [-0.4, -0.2) is 16.9 Å². The lowest BCUT2D eigenvalue weighted by atomic mass is 9.75. The van der Waals surface area contributed by atoms with E-state index < -0.39 is 11.8 Å². The van der Waals surface area contributed by atoms with Crippen LogP contribution >= 0.6 is 11.6 Å². The first-order chi connectivity index (χ1) is 11.9. The maximum absolute atomic E-state index is 12.1. The summed E-state index contributed by atoms with van der Waals surface area (Å²) in [7, 11) is 0. The first kappa shape index (κ1) is 17.0. The normalized spacial score (nSPS) is 16.4. The Bertz CT molecular complexity index is 888. The van der Waals surface area contributed by atoms with Crippen molar-refractivity contribution >= 4 is 29.0 Å². The predicted molar refractivity (Wildman–Crippen MR) is 95.8 cm³/mol. The zero-order valence-electron chi connectivity index (χ0n) is 13.3. The number of fused-ring (bicyclic) bond motifs is 1. The minimum absolute atomic E-state index is 0.00234. The number of halogens is 1. The number of nitrogens with two attached hydrogens (primary N) is 2. The number of aromatic hydroxyl groups is 1. The fourth-order valence-electron chi connectivity index (χ4n) is 3.36. The Balaban J connectivity index is 2.11. The first-order valence-corrected chi connectivity index (χ1v) is 8.15. The summed E-state index contributed by atoms with van der Waals surface area (Å²) in [5.41, 5.74) is 13.7. The van der Waals surface area contributed by atoms with Crippen LogP contribution in [0, 0.1) is 5.92 Å². The van der Waals surface area contributed by atoms with Crippen LogP contribution in [0.4, 0.5) is 0 Å². The zero-order valence-corrected chi connectivity index (χ0v) is 14.1. The minimum atomic E-state index is -0.735. The van der Waals surface area contributed by atoms with Crippen molar-refractivity contribution in [1.29, 1.82) is 0 Å². The van der Waals surface area contributed by atoms with Gasteiger partial charge in [-0.05, 0) is 59.7 Å². The fraction of sp³-hybridized carbons (Fsp3) is 0.158. The largest absolute Gasteiger partial charge is 0.508 e. The molecule has 1 unspecified atom stereocenters. The molecule has 5 N–H and O–H groups in total. The van der Waals surface area contributed by atoms with Gasteiger partial charge in [0.15, 0.2) is 0 Å². The van der Waals surface area contributed by atoms with Crippen LogP contribution < -0.4 is 11.5 Å². The Labute approximate surface area is 149 Å². The molecule has 3 rings (SSSR count). The number of hydrogen-bond acceptors (Lipinski definition) is 3. The molecule has 2 amide bonds. The number of primary amides is 2. The number of carbonyl (C=O) groups is 2. The lowest BCUT2D eigenvalue weighted by Gasteiger charge is -2.28. The molecule has 0 spiro atoms. The molecule has 0 bridgehead atoms. The molecule has 5 nitrogen and oxygen atoms in total. The van der Waals surface area contributed by atoms with Crippen molar-refractivity contribution in [3.05, 3.63) is 69.8 Å². The number of rotatable bonds is 4. The Morgan fingerprint density at radius 1 is 1.08 bits per heavy atom. The van der Waals surface area contributed by atoms with Crippen LogP contribution in [0.3, 0.4) is 0 Å². The molecule has 1 atom stereocenters. The van der Waals surface area contributed by atoms with Crippen LogP contribution in [0.1, 0.15) is 16.7 Å². The summed E-state index contributed by atoms with van der Waals surface area (Å²) < 4.78 is 0. The highest BCUT2D eigenvalue weighted by Crippen LogP contribution is 2.38. The molecule has 0 heterocycles. The van der Waals surface area contributed by atoms with Gasteiger partial charge in [-0.3, -0.25) is 9.59 Å². The van der Waals surface area contributed by atoms with E-state index in [0.29, 0.717) is 23.4 Å². The molecule has 6 heteroatoms. The second-order valence-electron chi connectivity index (χ2n) is 6.09. The Morgan fingerprint density at radius 2 is 1.76 bits per heavy atom. The molecule has 0 saturated heterocycles. The van der Waals surface area contributed by atoms with Crippen LogP contribution in [0.25, 0.3) is 5.57 Å². The quantitative estimate of drug-likeness (QED) is 0.781. The molecular weight excluding hydrogens is 340 g/mol. The number of phenolic OH excluding ortho intramolecular Hbond substituents is 1. The number of carbonyl (C=O) groups excluding carboxylic acids is 2. The lowest BCUT2D eigenvalue weighted by molar-refractivity contribution is -0.116. The summed E-state index contributed by atoms with van der Waals surface area (Å²) in [6.45, 7) is 0. The van der Waals surface area contributed by atoms with E-state index in [1.165, 1.54) is 6.07 Å². The summed E-state index contributed by atoms with van der Waals surface area (Å²) in [6.07, 6.45) is 1.04. The van der Waals surface area contributed by atoms with Gasteiger partial charge in [-0.15, -0.1) is 0 Å². The smallest absolute Gasteiger partial charge is 0.249 e. The number of phenols is 1. The third-order valence-electron chi connectivity index (χ3n) is 4.41. The molecule has 0 aliphatic heterocycles. The number of hydrogen-bond donors (Lipinski definition) is 3. The van der Waals surface area contributed by atoms with Crippen molar-refractivity contribution in [2.24, 2.45) is 17.4 Å². The monoisotopic (exact) mass is 356 g/mol. The molecular formula is C19H17ClN2O3. The van der Waals surface area contributed by atoms with E-state index in [0.717, 1.165) is 11.1 Å². The lowest BCUT2D eigenvalue weighted by Crippen LogP contribution is -2.32. The molecule has 2 aromatic rings. The minimum Gasteiger partial charge on any atom is -0.508 e. The van der Waals surface area contributed by atoms with Gasteiger partial charge in [-0.2, -0.15) is 0 Å². The summed E-state index contributed by atoms with van der Waals surface area (Å²) in [6, 6.07) is 12.0. The highest BCUT2D eigenvalue weighted by atomic mass is 35.5. The highest BCUT2D eigenvalue weighted by molar-refractivity contribution is 6.30. The third kappa shape index (κ3) is 3.37. The average Bonchev–Trinajstić information content (AvgIpc) is 2.55. The molecule has 128 valence electrons. The zero-order chi connectivity index (χ0) is 18.1. The van der Waals surface area contributed by atoms with Crippen LogP contribution in [-0.2, 0) is 22.4 Å². The molecule has 0 aromatic heterocycles. The molecule has 25 heavy (non-hydrogen) atoms. The molecule has 0 radical (unpaired) electrons. The van der Waals surface area contributed by atoms with Crippen molar-refractivity contribution in [3.63, 3.8) is 0 Å². The first-order valence-electron chi connectivity index (χ1n) is 7.77. The molecule has 2 aromatic carbocycles. The maximum Gasteiger partial charge on any atom is 0.249 e. The van der Waals surface area contributed by atoms with Gasteiger partial charge in [0.2, 0.25) is 11.8 Å². The van der Waals surface area contributed by atoms with E-state index in [4.69, 9.17) is 23.1 Å². The van der Waals surface area contributed by atoms with Gasteiger partial charge in [0.25, 0.3) is 0 Å². The number of benzene rings is 2. The average molecular weight is 357 g/mol. The van der Waals surface area contributed by atoms with E-state index in [9.17, 15) is 14.7 Å². The van der Waals surface area contributed by atoms with Crippen molar-refractivity contribution in [2.75, 3.05) is 0 Å². The van der Waals surface area contributed by atoms with E-state index in [1.807, 2.05) is 12.1 Å². The second kappa shape index (κ2) is 6.61. The van der Waals surface area contributed by atoms with Gasteiger partial charge < -0.3 is 16.6 Å². The van der Waals surface area contributed by atoms with Gasteiger partial charge in [-0.1, -0.05) is 29.8 Å². The number of amides is 2. The summed E-state index contributed by atoms with van der Waals surface area (Å²) in [5, 5.41) is 10.4. The van der Waals surface area contributed by atoms with Gasteiger partial charge in [0.05, 0.1) is 5.57 Å². The van der Waals surface area contributed by atoms with E-state index in [-0.39, 0.29) is 22.8 Å². The van der Waals surface area contributed by atoms with Gasteiger partial charge in [0.1, 0.15) is 5.75 Å². The predicted octanol–water partition coefficient (Wildman–Crippen LogP) is 2.18. The summed E-state index contributed by atoms with van der Waals surface area (Å²) >= 11 is 5.91. The SMILES string of the molecule is NC(=O)C1=C(C(N)=O)C(Cc2ccc(Cl)cc2)Cc2ccc(O)cc21. The van der Waals surface area contributed by atoms with Gasteiger partial charge in [-0.25, -0.2) is 0 Å². The van der Waals surface area contributed by atoms with E-state index in [1.54, 1.807) is 24.3 Å². The fourth-order valence-corrected chi connectivity index (χ4v) is 3.49. The molecule has 0 fully saturated rings. The van der Waals surface area contributed by atoms with Crippen molar-refractivity contribution in [1.82, 2.24) is 0 Å². The maximum atomic E-state index is 12.1. The Kier molecular flexibility index (Phi) is 4.51. The second-order valence-corrected chi connectivity index (χ2v) is 6.53. The Morgan fingerprint density at radius 3 is 2.36 bits per heavy atom. The van der Waals surface area contributed by atoms with Crippen molar-refractivity contribution in [3.8, 4) is 5.75 Å². The summed E-state index contributed by atoms with van der Waals surface area (Å²) in [4.78, 5) is 24.1. The van der Waals surface area contributed by atoms with E-state index >= 15 is 0 Å². The molecule has 1 aliphatic carbocycles. The molecule has 1 aliphatic rings. The Hall–Kier alpha value is -2.79. The standard InChI is InChI=1S/C19H17ClN2O3/c20-13-4-1-10(2-5-13)7-12-8-11-3-6-14(23)9-15(11)17(19(22)25)16(12)18(21)24/h1-6,9,12,23H,7-8H2,(H2,21,24)(H2,22,25). The van der Waals surface area contributed by atoms with Gasteiger partial charge >= 0.3 is 0 Å². The van der Waals surface area contributed by atoms with Crippen LogP contribution in [0.5, 0.6) is 5.75 Å².